The second-order valence-electron chi connectivity index (χ2n) is 19.2. The number of imidazole rings is 1. The van der Waals surface area contributed by atoms with Crippen LogP contribution in [0.5, 0.6) is 11.5 Å². The molecule has 7 aromatic carbocycles. The SMILES string of the molecule is Cc1ccnc(-n2c3[c-]c(Oc4[c-]c(-n5[c](=[Pt])n(-c6c(-c7ccccc7)cc(C(C)(C)C)cc6-c6ccccc6)c6ccccc65)ccc4)ccc3c3cc4c(cc32)C(C)(C)CCC4)c1. The zero-order valence-corrected chi connectivity index (χ0v) is 39.9. The molecule has 5 nitrogen and oxygen atoms in total. The van der Waals surface area contributed by atoms with Gasteiger partial charge in [0.05, 0.1) is 0 Å². The summed E-state index contributed by atoms with van der Waals surface area (Å²) in [4.78, 5) is 4.90. The summed E-state index contributed by atoms with van der Waals surface area (Å²) in [6.07, 6.45) is 5.38. The molecule has 11 rings (SSSR count). The van der Waals surface area contributed by atoms with E-state index in [2.05, 4.69) is 220 Å². The zero-order chi connectivity index (χ0) is 44.6. The topological polar surface area (TPSA) is 36.9 Å². The molecule has 6 heteroatoms. The second-order valence-corrected chi connectivity index (χ2v) is 20.2. The van der Waals surface area contributed by atoms with E-state index in [0.29, 0.717) is 11.5 Å². The number of hydrogen-bond donors (Lipinski definition) is 0. The van der Waals surface area contributed by atoms with E-state index >= 15 is 0 Å². The Hall–Kier alpha value is -6.55. The molecule has 10 aromatic rings. The first-order valence-corrected chi connectivity index (χ1v) is 23.7. The van der Waals surface area contributed by atoms with Crippen molar-refractivity contribution in [3.63, 3.8) is 0 Å². The van der Waals surface area contributed by atoms with E-state index in [1.807, 2.05) is 24.4 Å². The van der Waals surface area contributed by atoms with Crippen LogP contribution in [0.1, 0.15) is 69.7 Å². The first-order chi connectivity index (χ1) is 31.4. The van der Waals surface area contributed by atoms with Crippen molar-refractivity contribution in [2.24, 2.45) is 0 Å². The number of hydrogen-bond acceptors (Lipinski definition) is 2. The molecule has 3 aromatic heterocycles. The molecule has 0 atom stereocenters. The van der Waals surface area contributed by atoms with E-state index < -0.39 is 0 Å². The average molecular weight is 1030 g/mol. The molecular weight excluding hydrogens is 976 g/mol. The number of rotatable bonds is 7. The smallest absolute Gasteiger partial charge is 0.0558 e. The molecule has 0 unspecified atom stereocenters. The molecular formula is C59H50N4OPt-2. The van der Waals surface area contributed by atoms with Gasteiger partial charge in [0.2, 0.25) is 0 Å². The first-order valence-electron chi connectivity index (χ1n) is 22.6. The molecule has 0 aliphatic heterocycles. The van der Waals surface area contributed by atoms with Crippen LogP contribution in [-0.2, 0) is 36.6 Å². The van der Waals surface area contributed by atoms with Gasteiger partial charge in [-0.25, -0.2) is 0 Å². The van der Waals surface area contributed by atoms with Crippen LogP contribution in [-0.4, -0.2) is 18.7 Å². The normalized spacial score (nSPS) is 13.7. The molecule has 1 aliphatic rings. The third-order valence-corrected chi connectivity index (χ3v) is 14.3. The van der Waals surface area contributed by atoms with Gasteiger partial charge >= 0.3 is 320 Å². The monoisotopic (exact) mass is 1030 g/mol. The first kappa shape index (κ1) is 41.2. The van der Waals surface area contributed by atoms with Crippen LogP contribution in [0.2, 0.25) is 0 Å². The molecule has 0 fully saturated rings. The summed E-state index contributed by atoms with van der Waals surface area (Å²) >= 11 is 2.50. The Balaban J connectivity index is 1.07. The summed E-state index contributed by atoms with van der Waals surface area (Å²) in [6, 6.07) is 61.9. The van der Waals surface area contributed by atoms with Crippen molar-refractivity contribution >= 4 is 32.8 Å². The van der Waals surface area contributed by atoms with Crippen LogP contribution >= 0.6 is 0 Å². The van der Waals surface area contributed by atoms with Crippen LogP contribution in [0.15, 0.2) is 158 Å². The summed E-state index contributed by atoms with van der Waals surface area (Å²) < 4.78 is 14.8. The standard InChI is InChI=1S/C59H50N4O.Pt/c1-39-28-30-60-56(31-39)63-54-36-46(26-27-47(54)50-32-42-21-16-29-59(5,6)51(42)37-55(50)63)64-45-23-15-22-44(35-45)61-38-62(53-25-14-13-24-52(53)61)57-48(40-17-9-7-10-18-40)33-43(58(2,3)4)34-49(57)41-19-11-8-12-20-41;/h7-15,17-20,22-28,30-34,37H,16,21,29H2,1-6H3;/q-2;. The predicted octanol–water partition coefficient (Wildman–Crippen LogP) is 14.9. The Morgan fingerprint density at radius 3 is 1.98 bits per heavy atom. The Morgan fingerprint density at radius 2 is 1.31 bits per heavy atom. The van der Waals surface area contributed by atoms with E-state index in [4.69, 9.17) is 9.72 Å². The summed E-state index contributed by atoms with van der Waals surface area (Å²) in [6.45, 7) is 13.8. The van der Waals surface area contributed by atoms with Gasteiger partial charge in [-0.1, -0.05) is 13.8 Å². The fraction of sp³-hybridized carbons (Fsp3) is 0.186. The van der Waals surface area contributed by atoms with Gasteiger partial charge < -0.3 is 0 Å². The number of aromatic nitrogens is 4. The van der Waals surface area contributed by atoms with Gasteiger partial charge in [-0.05, 0) is 54.4 Å². The maximum atomic E-state index is 6.77. The van der Waals surface area contributed by atoms with Gasteiger partial charge in [0.25, 0.3) is 0 Å². The molecule has 0 bridgehead atoms. The van der Waals surface area contributed by atoms with Crippen molar-refractivity contribution in [1.82, 2.24) is 18.7 Å². The van der Waals surface area contributed by atoms with E-state index in [-0.39, 0.29) is 10.8 Å². The van der Waals surface area contributed by atoms with Crippen molar-refractivity contribution in [3.05, 3.63) is 196 Å². The molecule has 1 aliphatic carbocycles. The summed E-state index contributed by atoms with van der Waals surface area (Å²) in [7, 11) is 0. The second kappa shape index (κ2) is 15.9. The molecule has 0 saturated carbocycles. The van der Waals surface area contributed by atoms with Crippen LogP contribution in [0, 0.1) is 22.9 Å². The molecule has 0 N–H and O–H groups in total. The van der Waals surface area contributed by atoms with E-state index in [0.717, 1.165) is 60.4 Å². The molecule has 0 spiro atoms. The summed E-state index contributed by atoms with van der Waals surface area (Å²) in [5.41, 5.74) is 16.3. The fourth-order valence-electron chi connectivity index (χ4n) is 9.93. The van der Waals surface area contributed by atoms with Gasteiger partial charge in [-0.2, -0.15) is 0 Å². The van der Waals surface area contributed by atoms with Gasteiger partial charge in [-0.3, -0.25) is 0 Å². The van der Waals surface area contributed by atoms with E-state index in [1.165, 1.54) is 57.2 Å². The average Bonchev–Trinajstić information content (AvgIpc) is 3.78. The third kappa shape index (κ3) is 7.22. The van der Waals surface area contributed by atoms with Crippen LogP contribution in [0.3, 0.4) is 0 Å². The van der Waals surface area contributed by atoms with Crippen molar-refractivity contribution in [2.45, 2.75) is 71.6 Å². The molecule has 0 saturated heterocycles. The summed E-state index contributed by atoms with van der Waals surface area (Å²) in [5, 5.41) is 2.36. The van der Waals surface area contributed by atoms with Crippen molar-refractivity contribution in [2.75, 3.05) is 0 Å². The van der Waals surface area contributed by atoms with Crippen molar-refractivity contribution in [1.29, 1.82) is 0 Å². The maximum absolute atomic E-state index is 6.77. The van der Waals surface area contributed by atoms with E-state index in [9.17, 15) is 0 Å². The number of nitrogens with zero attached hydrogens (tertiary/aromatic N) is 4. The van der Waals surface area contributed by atoms with Crippen LogP contribution in [0.4, 0.5) is 0 Å². The van der Waals surface area contributed by atoms with E-state index in [1.54, 1.807) is 0 Å². The molecule has 65 heavy (non-hydrogen) atoms. The van der Waals surface area contributed by atoms with Crippen molar-refractivity contribution in [3.8, 4) is 50.9 Å². The number of pyridine rings is 1. The Kier molecular flexibility index (Phi) is 10.0. The van der Waals surface area contributed by atoms with Crippen LogP contribution < -0.4 is 4.74 Å². The molecule has 3 heterocycles. The number of aryl methyl sites for hydroxylation is 2. The Morgan fingerprint density at radius 1 is 0.646 bits per heavy atom. The summed E-state index contributed by atoms with van der Waals surface area (Å²) in [5.74, 6) is 2.10. The van der Waals surface area contributed by atoms with Gasteiger partial charge in [0.1, 0.15) is 0 Å². The fourth-order valence-corrected chi connectivity index (χ4v) is 11.0. The molecule has 0 amide bonds. The minimum Gasteiger partial charge on any atom is -0.0558 e. The Bertz CT molecular complexity index is 3470. The Labute approximate surface area is 392 Å². The number of para-hydroxylation sites is 2. The number of fused-ring (bicyclic) bond motifs is 5. The minimum absolute atomic E-state index is 0.0698. The quantitative estimate of drug-likeness (QED) is 0.149. The number of ether oxygens (including phenoxy) is 1. The molecule has 324 valence electrons. The predicted molar refractivity (Wildman–Crippen MR) is 262 cm³/mol. The van der Waals surface area contributed by atoms with Crippen LogP contribution in [0.25, 0.3) is 72.3 Å². The van der Waals surface area contributed by atoms with Gasteiger partial charge in [0, 0.05) is 6.20 Å². The minimum atomic E-state index is -0.0698. The molecule has 0 radical (unpaired) electrons. The van der Waals surface area contributed by atoms with Gasteiger partial charge in [-0.15, -0.1) is 0 Å². The van der Waals surface area contributed by atoms with Crippen molar-refractivity contribution < 1.29 is 24.1 Å². The number of benzene rings is 7. The zero-order valence-electron chi connectivity index (χ0n) is 37.6. The third-order valence-electron chi connectivity index (χ3n) is 13.3. The van der Waals surface area contributed by atoms with Gasteiger partial charge in [0.15, 0.2) is 0 Å².